The van der Waals surface area contributed by atoms with Gasteiger partial charge in [0.05, 0.1) is 18.6 Å². The molecule has 0 N–H and O–H groups in total. The molecule has 1 amide bonds. The molecule has 0 aliphatic carbocycles. The topological polar surface area (TPSA) is 51.2 Å². The summed E-state index contributed by atoms with van der Waals surface area (Å²) in [5.41, 5.74) is 0.975. The fourth-order valence-corrected chi connectivity index (χ4v) is 3.87. The SMILES string of the molecule is CN1CCOC2(CCN(Cc3ccc4c(c3)OCCO4)CC2)CC1=O. The number of carbonyl (C=O) groups is 1. The van der Waals surface area contributed by atoms with Crippen molar-refractivity contribution < 1.29 is 19.0 Å². The Hall–Kier alpha value is -1.79. The molecule has 3 aliphatic heterocycles. The fraction of sp³-hybridized carbons (Fsp3) is 0.632. The summed E-state index contributed by atoms with van der Waals surface area (Å²) in [5, 5.41) is 0. The Bertz CT molecular complexity index is 640. The van der Waals surface area contributed by atoms with Crippen LogP contribution in [0.1, 0.15) is 24.8 Å². The molecule has 3 aliphatic rings. The molecule has 0 atom stereocenters. The summed E-state index contributed by atoms with van der Waals surface area (Å²) >= 11 is 0. The van der Waals surface area contributed by atoms with Crippen molar-refractivity contribution >= 4 is 5.91 Å². The summed E-state index contributed by atoms with van der Waals surface area (Å²) in [6, 6.07) is 6.19. The molecule has 1 spiro atoms. The highest BCUT2D eigenvalue weighted by atomic mass is 16.6. The van der Waals surface area contributed by atoms with Crippen LogP contribution >= 0.6 is 0 Å². The van der Waals surface area contributed by atoms with Gasteiger partial charge in [0.2, 0.25) is 5.91 Å². The maximum absolute atomic E-state index is 12.2. The zero-order valence-corrected chi connectivity index (χ0v) is 14.8. The van der Waals surface area contributed by atoms with Gasteiger partial charge in [-0.1, -0.05) is 6.07 Å². The van der Waals surface area contributed by atoms with Gasteiger partial charge in [-0.2, -0.15) is 0 Å². The summed E-state index contributed by atoms with van der Waals surface area (Å²) in [7, 11) is 1.86. The van der Waals surface area contributed by atoms with E-state index in [0.29, 0.717) is 32.8 Å². The van der Waals surface area contributed by atoms with E-state index in [0.717, 1.165) is 44.0 Å². The third-order valence-electron chi connectivity index (χ3n) is 5.51. The minimum Gasteiger partial charge on any atom is -0.486 e. The number of likely N-dealkylation sites (tertiary alicyclic amines) is 1. The number of likely N-dealkylation sites (N-methyl/N-ethyl adjacent to an activating group) is 1. The van der Waals surface area contributed by atoms with Gasteiger partial charge in [0.25, 0.3) is 0 Å². The molecular weight excluding hydrogens is 320 g/mol. The van der Waals surface area contributed by atoms with E-state index < -0.39 is 0 Å². The first kappa shape index (κ1) is 16.7. The number of carbonyl (C=O) groups excluding carboxylic acids is 1. The minimum absolute atomic E-state index is 0.206. The van der Waals surface area contributed by atoms with E-state index in [1.165, 1.54) is 5.56 Å². The lowest BCUT2D eigenvalue weighted by Gasteiger charge is -2.40. The van der Waals surface area contributed by atoms with Gasteiger partial charge >= 0.3 is 0 Å². The van der Waals surface area contributed by atoms with Gasteiger partial charge < -0.3 is 19.1 Å². The maximum atomic E-state index is 12.2. The summed E-state index contributed by atoms with van der Waals surface area (Å²) in [6.45, 7) is 5.36. The van der Waals surface area contributed by atoms with E-state index >= 15 is 0 Å². The first-order valence-electron chi connectivity index (χ1n) is 9.12. The molecule has 136 valence electrons. The van der Waals surface area contributed by atoms with E-state index in [1.807, 2.05) is 13.1 Å². The van der Waals surface area contributed by atoms with Gasteiger partial charge in [-0.05, 0) is 30.5 Å². The van der Waals surface area contributed by atoms with Gasteiger partial charge in [-0.25, -0.2) is 0 Å². The molecule has 0 bridgehead atoms. The Kier molecular flexibility index (Phi) is 4.56. The van der Waals surface area contributed by atoms with Crippen LogP contribution in [-0.4, -0.2) is 67.8 Å². The normalized spacial score (nSPS) is 23.6. The fourth-order valence-electron chi connectivity index (χ4n) is 3.87. The molecule has 1 aromatic carbocycles. The number of hydrogen-bond acceptors (Lipinski definition) is 5. The number of rotatable bonds is 2. The van der Waals surface area contributed by atoms with Gasteiger partial charge in [-0.15, -0.1) is 0 Å². The predicted octanol–water partition coefficient (Wildman–Crippen LogP) is 1.67. The van der Waals surface area contributed by atoms with E-state index in [2.05, 4.69) is 17.0 Å². The zero-order valence-electron chi connectivity index (χ0n) is 14.8. The number of piperidine rings is 1. The summed E-state index contributed by atoms with van der Waals surface area (Å²) in [5.74, 6) is 1.89. The van der Waals surface area contributed by atoms with Crippen molar-refractivity contribution in [2.24, 2.45) is 0 Å². The van der Waals surface area contributed by atoms with Crippen molar-refractivity contribution in [1.82, 2.24) is 9.80 Å². The van der Waals surface area contributed by atoms with E-state index in [1.54, 1.807) is 4.90 Å². The number of fused-ring (bicyclic) bond motifs is 1. The molecule has 6 heteroatoms. The standard InChI is InChI=1S/C19H26N2O4/c1-20-8-9-25-19(13-18(20)22)4-6-21(7-5-19)14-15-2-3-16-17(12-15)24-11-10-23-16/h2-3,12H,4-11,13-14H2,1H3. The number of ether oxygens (including phenoxy) is 3. The lowest BCUT2D eigenvalue weighted by Crippen LogP contribution is -2.46. The van der Waals surface area contributed by atoms with E-state index in [9.17, 15) is 4.79 Å². The first-order chi connectivity index (χ1) is 12.1. The lowest BCUT2D eigenvalue weighted by molar-refractivity contribution is -0.134. The molecule has 0 radical (unpaired) electrons. The van der Waals surface area contributed by atoms with Gasteiger partial charge in [0, 0.05) is 33.2 Å². The average Bonchev–Trinajstić information content (AvgIpc) is 2.76. The Morgan fingerprint density at radius 2 is 1.80 bits per heavy atom. The van der Waals surface area contributed by atoms with Gasteiger partial charge in [-0.3, -0.25) is 9.69 Å². The predicted molar refractivity (Wildman–Crippen MR) is 92.9 cm³/mol. The molecule has 0 saturated carbocycles. The molecular formula is C19H26N2O4. The van der Waals surface area contributed by atoms with Crippen molar-refractivity contribution in [2.75, 3.05) is 46.5 Å². The van der Waals surface area contributed by atoms with Crippen LogP contribution in [-0.2, 0) is 16.1 Å². The molecule has 25 heavy (non-hydrogen) atoms. The van der Waals surface area contributed by atoms with Crippen LogP contribution in [0.4, 0.5) is 0 Å². The average molecular weight is 346 g/mol. The van der Waals surface area contributed by atoms with Gasteiger partial charge in [0.1, 0.15) is 13.2 Å². The zero-order chi connectivity index (χ0) is 17.3. The highest BCUT2D eigenvalue weighted by molar-refractivity contribution is 5.77. The Morgan fingerprint density at radius 3 is 2.60 bits per heavy atom. The van der Waals surface area contributed by atoms with Crippen LogP contribution in [0.5, 0.6) is 11.5 Å². The lowest BCUT2D eigenvalue weighted by atomic mass is 9.87. The second kappa shape index (κ2) is 6.84. The first-order valence-corrected chi connectivity index (χ1v) is 9.12. The molecule has 4 rings (SSSR count). The maximum Gasteiger partial charge on any atom is 0.225 e. The largest absolute Gasteiger partial charge is 0.486 e. The molecule has 2 fully saturated rings. The molecule has 0 aromatic heterocycles. The third-order valence-corrected chi connectivity index (χ3v) is 5.51. The Morgan fingerprint density at radius 1 is 1.04 bits per heavy atom. The van der Waals surface area contributed by atoms with E-state index in [4.69, 9.17) is 14.2 Å². The number of amides is 1. The van der Waals surface area contributed by atoms with Crippen molar-refractivity contribution in [3.63, 3.8) is 0 Å². The molecule has 6 nitrogen and oxygen atoms in total. The van der Waals surface area contributed by atoms with Crippen LogP contribution in [0.25, 0.3) is 0 Å². The second-order valence-electron chi connectivity index (χ2n) is 7.28. The highest BCUT2D eigenvalue weighted by Gasteiger charge is 2.39. The van der Waals surface area contributed by atoms with Crippen LogP contribution in [0, 0.1) is 0 Å². The molecule has 2 saturated heterocycles. The number of benzene rings is 1. The monoisotopic (exact) mass is 346 g/mol. The van der Waals surface area contributed by atoms with E-state index in [-0.39, 0.29) is 11.5 Å². The number of nitrogens with zero attached hydrogens (tertiary/aromatic N) is 2. The highest BCUT2D eigenvalue weighted by Crippen LogP contribution is 2.34. The third kappa shape index (κ3) is 3.60. The molecule has 0 unspecified atom stereocenters. The Labute approximate surface area is 148 Å². The summed E-state index contributed by atoms with van der Waals surface area (Å²) < 4.78 is 17.4. The Balaban J connectivity index is 1.36. The van der Waals surface area contributed by atoms with Crippen molar-refractivity contribution in [3.05, 3.63) is 23.8 Å². The van der Waals surface area contributed by atoms with Crippen LogP contribution in [0.3, 0.4) is 0 Å². The number of hydrogen-bond donors (Lipinski definition) is 0. The van der Waals surface area contributed by atoms with Crippen molar-refractivity contribution in [1.29, 1.82) is 0 Å². The second-order valence-corrected chi connectivity index (χ2v) is 7.28. The van der Waals surface area contributed by atoms with Crippen LogP contribution in [0.2, 0.25) is 0 Å². The molecule has 1 aromatic rings. The van der Waals surface area contributed by atoms with Crippen molar-refractivity contribution in [3.8, 4) is 11.5 Å². The quantitative estimate of drug-likeness (QED) is 0.815. The van der Waals surface area contributed by atoms with Crippen LogP contribution < -0.4 is 9.47 Å². The van der Waals surface area contributed by atoms with Crippen molar-refractivity contribution in [2.45, 2.75) is 31.4 Å². The smallest absolute Gasteiger partial charge is 0.225 e. The molecule has 3 heterocycles. The summed E-state index contributed by atoms with van der Waals surface area (Å²) in [6.07, 6.45) is 2.34. The van der Waals surface area contributed by atoms with Crippen LogP contribution in [0.15, 0.2) is 18.2 Å². The minimum atomic E-state index is -0.259. The van der Waals surface area contributed by atoms with Gasteiger partial charge in [0.15, 0.2) is 11.5 Å². The summed E-state index contributed by atoms with van der Waals surface area (Å²) in [4.78, 5) is 16.4.